The van der Waals surface area contributed by atoms with Gasteiger partial charge in [-0.1, -0.05) is 18.2 Å². The van der Waals surface area contributed by atoms with Crippen LogP contribution in [0.5, 0.6) is 0 Å². The van der Waals surface area contributed by atoms with Gasteiger partial charge in [-0.2, -0.15) is 5.26 Å². The summed E-state index contributed by atoms with van der Waals surface area (Å²) in [6.45, 7) is 3.30. The average Bonchev–Trinajstić information content (AvgIpc) is 3.00. The minimum Gasteiger partial charge on any atom is -0.384 e. The van der Waals surface area contributed by atoms with E-state index in [0.717, 1.165) is 19.6 Å². The Morgan fingerprint density at radius 2 is 2.00 bits per heavy atom. The van der Waals surface area contributed by atoms with Crippen LogP contribution in [0.4, 0.5) is 5.69 Å². The van der Waals surface area contributed by atoms with E-state index >= 15 is 0 Å². The van der Waals surface area contributed by atoms with Crippen LogP contribution in [0.3, 0.4) is 0 Å². The topological polar surface area (TPSA) is 39.1 Å². The van der Waals surface area contributed by atoms with Gasteiger partial charge in [-0.3, -0.25) is 0 Å². The lowest BCUT2D eigenvalue weighted by Gasteiger charge is -2.04. The summed E-state index contributed by atoms with van der Waals surface area (Å²) in [7, 11) is 0. The summed E-state index contributed by atoms with van der Waals surface area (Å²) >= 11 is 1.28. The van der Waals surface area contributed by atoms with Gasteiger partial charge in [-0.05, 0) is 30.9 Å². The van der Waals surface area contributed by atoms with Gasteiger partial charge in [0.1, 0.15) is 5.40 Å². The first-order valence-corrected chi connectivity index (χ1v) is 6.80. The second-order valence-electron chi connectivity index (χ2n) is 4.15. The molecule has 0 unspecified atom stereocenters. The van der Waals surface area contributed by atoms with Crippen molar-refractivity contribution < 1.29 is 0 Å². The number of nitrogens with zero attached hydrogens (tertiary/aromatic N) is 2. The van der Waals surface area contributed by atoms with Crippen LogP contribution in [0.2, 0.25) is 0 Å². The normalized spacial score (nSPS) is 17.6. The number of fused-ring (bicyclic) bond motifs is 1. The molecule has 1 N–H and O–H groups in total. The van der Waals surface area contributed by atoms with Gasteiger partial charge in [-0.15, -0.1) is 0 Å². The largest absolute Gasteiger partial charge is 0.384 e. The number of hydrogen-bond donors (Lipinski definition) is 1. The second-order valence-corrected chi connectivity index (χ2v) is 5.03. The number of hydrogen-bond acceptors (Lipinski definition) is 4. The lowest BCUT2D eigenvalue weighted by molar-refractivity contribution is 0.591. The molecule has 2 aliphatic rings. The van der Waals surface area contributed by atoms with E-state index in [0.29, 0.717) is 0 Å². The third-order valence-electron chi connectivity index (χ3n) is 2.96. The number of benzene rings is 1. The molecule has 90 valence electrons. The van der Waals surface area contributed by atoms with Crippen molar-refractivity contribution in [2.75, 3.05) is 25.0 Å². The first kappa shape index (κ1) is 12.3. The van der Waals surface area contributed by atoms with Crippen molar-refractivity contribution in [1.82, 2.24) is 4.31 Å². The van der Waals surface area contributed by atoms with Crippen LogP contribution in [0, 0.1) is 10.7 Å². The molecule has 3 nitrogen and oxygen atoms in total. The highest BCUT2D eigenvalue weighted by molar-refractivity contribution is 8.01. The molecule has 2 heterocycles. The van der Waals surface area contributed by atoms with Crippen molar-refractivity contribution in [2.45, 2.75) is 19.3 Å². The molecule has 17 heavy (non-hydrogen) atoms. The molecule has 0 bridgehead atoms. The summed E-state index contributed by atoms with van der Waals surface area (Å²) in [5.41, 5.74) is 2.77. The number of para-hydroxylation sites is 1. The minimum absolute atomic E-state index is 1.10. The number of anilines is 1. The van der Waals surface area contributed by atoms with Gasteiger partial charge in [0, 0.05) is 37.3 Å². The Balaban J connectivity index is 0.000000128. The molecule has 1 aromatic rings. The van der Waals surface area contributed by atoms with Crippen LogP contribution in [-0.2, 0) is 6.42 Å². The van der Waals surface area contributed by atoms with Crippen LogP contribution < -0.4 is 5.32 Å². The predicted molar refractivity (Wildman–Crippen MR) is 72.6 cm³/mol. The fraction of sp³-hybridized carbons (Fsp3) is 0.462. The molecule has 0 aromatic heterocycles. The zero-order chi connectivity index (χ0) is 11.9. The summed E-state index contributed by atoms with van der Waals surface area (Å²) in [4.78, 5) is 0. The van der Waals surface area contributed by atoms with Crippen LogP contribution in [0.25, 0.3) is 0 Å². The van der Waals surface area contributed by atoms with Crippen LogP contribution in [-0.4, -0.2) is 23.9 Å². The van der Waals surface area contributed by atoms with E-state index in [1.165, 1.54) is 42.5 Å². The Morgan fingerprint density at radius 1 is 1.24 bits per heavy atom. The molecule has 0 amide bonds. The maximum absolute atomic E-state index is 8.20. The predicted octanol–water partition coefficient (Wildman–Crippen LogP) is 2.87. The summed E-state index contributed by atoms with van der Waals surface area (Å²) < 4.78 is 2.10. The Morgan fingerprint density at radius 3 is 2.71 bits per heavy atom. The van der Waals surface area contributed by atoms with Gasteiger partial charge < -0.3 is 5.32 Å². The lowest BCUT2D eigenvalue weighted by Crippen LogP contribution is -2.06. The maximum atomic E-state index is 8.20. The summed E-state index contributed by atoms with van der Waals surface area (Å²) in [6, 6.07) is 8.46. The molecule has 1 fully saturated rings. The van der Waals surface area contributed by atoms with Gasteiger partial charge in [-0.25, -0.2) is 4.31 Å². The van der Waals surface area contributed by atoms with Crippen molar-refractivity contribution in [2.24, 2.45) is 0 Å². The zero-order valence-corrected chi connectivity index (χ0v) is 10.7. The Labute approximate surface area is 107 Å². The monoisotopic (exact) mass is 247 g/mol. The molecule has 1 saturated heterocycles. The zero-order valence-electron chi connectivity index (χ0n) is 9.85. The Hall–Kier alpha value is -1.18. The van der Waals surface area contributed by atoms with E-state index in [4.69, 9.17) is 5.26 Å². The van der Waals surface area contributed by atoms with Crippen molar-refractivity contribution in [3.63, 3.8) is 0 Å². The number of nitriles is 1. The molecule has 2 aliphatic heterocycles. The Kier molecular flexibility index (Phi) is 4.72. The highest BCUT2D eigenvalue weighted by atomic mass is 32.2. The highest BCUT2D eigenvalue weighted by Crippen LogP contribution is 2.20. The number of thiocyanates is 1. The van der Waals surface area contributed by atoms with Gasteiger partial charge >= 0.3 is 0 Å². The third-order valence-corrected chi connectivity index (χ3v) is 3.67. The van der Waals surface area contributed by atoms with E-state index in [2.05, 4.69) is 39.3 Å². The SMILES string of the molecule is N#CSN1CCCC1.c1ccc2c(c1)CCN2. The van der Waals surface area contributed by atoms with Crippen molar-refractivity contribution in [3.05, 3.63) is 29.8 Å². The summed E-state index contributed by atoms with van der Waals surface area (Å²) in [6.07, 6.45) is 3.71. The minimum atomic E-state index is 1.10. The fourth-order valence-electron chi connectivity index (χ4n) is 2.08. The van der Waals surface area contributed by atoms with E-state index in [1.807, 2.05) is 0 Å². The molecular formula is C13H17N3S. The van der Waals surface area contributed by atoms with E-state index < -0.39 is 0 Å². The number of nitrogens with one attached hydrogen (secondary N) is 1. The standard InChI is InChI=1S/C8H9N.C5H8N2S/c1-2-4-8-7(3-1)5-6-9-8;6-5-8-7-3-1-2-4-7/h1-4,9H,5-6H2;1-4H2. The van der Waals surface area contributed by atoms with Crippen LogP contribution in [0.1, 0.15) is 18.4 Å². The average molecular weight is 247 g/mol. The third kappa shape index (κ3) is 3.65. The Bertz CT molecular complexity index is 371. The van der Waals surface area contributed by atoms with Gasteiger partial charge in [0.05, 0.1) is 0 Å². The quantitative estimate of drug-likeness (QED) is 0.612. The van der Waals surface area contributed by atoms with Crippen molar-refractivity contribution in [1.29, 1.82) is 5.26 Å². The summed E-state index contributed by atoms with van der Waals surface area (Å²) in [5.74, 6) is 0. The molecule has 1 aromatic carbocycles. The fourth-order valence-corrected chi connectivity index (χ4v) is 2.64. The van der Waals surface area contributed by atoms with Gasteiger partial charge in [0.2, 0.25) is 0 Å². The first-order valence-electron chi connectivity index (χ1n) is 6.03. The van der Waals surface area contributed by atoms with Crippen molar-refractivity contribution >= 4 is 17.6 Å². The molecular weight excluding hydrogens is 230 g/mol. The highest BCUT2D eigenvalue weighted by Gasteiger charge is 2.10. The van der Waals surface area contributed by atoms with Crippen LogP contribution >= 0.6 is 11.9 Å². The van der Waals surface area contributed by atoms with E-state index in [-0.39, 0.29) is 0 Å². The number of rotatable bonds is 1. The van der Waals surface area contributed by atoms with Gasteiger partial charge in [0.15, 0.2) is 0 Å². The molecule has 0 saturated carbocycles. The van der Waals surface area contributed by atoms with E-state index in [1.54, 1.807) is 0 Å². The molecule has 4 heteroatoms. The van der Waals surface area contributed by atoms with E-state index in [9.17, 15) is 0 Å². The maximum Gasteiger partial charge on any atom is 0.150 e. The molecule has 0 atom stereocenters. The van der Waals surface area contributed by atoms with Crippen molar-refractivity contribution in [3.8, 4) is 5.40 Å². The van der Waals surface area contributed by atoms with Gasteiger partial charge in [0.25, 0.3) is 0 Å². The lowest BCUT2D eigenvalue weighted by atomic mass is 10.2. The molecule has 3 rings (SSSR count). The smallest absolute Gasteiger partial charge is 0.150 e. The first-order chi connectivity index (χ1) is 8.40. The molecule has 0 radical (unpaired) electrons. The second kappa shape index (κ2) is 6.53. The van der Waals surface area contributed by atoms with Crippen LogP contribution in [0.15, 0.2) is 24.3 Å². The molecule has 0 spiro atoms. The summed E-state index contributed by atoms with van der Waals surface area (Å²) in [5, 5.41) is 13.6. The molecule has 0 aliphatic carbocycles.